The molecule has 1 amide bonds. The van der Waals surface area contributed by atoms with Crippen molar-refractivity contribution < 1.29 is 9.18 Å². The van der Waals surface area contributed by atoms with Gasteiger partial charge in [-0.05, 0) is 42.8 Å². The molecule has 2 aromatic rings. The largest absolute Gasteiger partial charge is 0.321 e. The van der Waals surface area contributed by atoms with Gasteiger partial charge in [-0.1, -0.05) is 11.8 Å². The second-order valence-corrected chi connectivity index (χ2v) is 4.35. The van der Waals surface area contributed by atoms with Crippen LogP contribution in [0.2, 0.25) is 0 Å². The summed E-state index contributed by atoms with van der Waals surface area (Å²) in [4.78, 5) is 15.7. The minimum absolute atomic E-state index is 0.154. The van der Waals surface area contributed by atoms with Gasteiger partial charge in [-0.3, -0.25) is 4.79 Å². The molecule has 0 aliphatic heterocycles. The number of carbonyl (C=O) groups is 1. The molecule has 0 radical (unpaired) electrons. The minimum atomic E-state index is -0.481. The standard InChI is InChI=1S/C16H14FN3O/c1-11-9-14(6-4-12(11)3-2-8-18)20-16(21)15-7-5-13(17)10-19-15/h4-7,9-10H,8,18H2,1H3,(H,20,21). The van der Waals surface area contributed by atoms with Gasteiger partial charge in [0.25, 0.3) is 5.91 Å². The Kier molecular flexibility index (Phi) is 4.64. The highest BCUT2D eigenvalue weighted by atomic mass is 19.1. The van der Waals surface area contributed by atoms with Crippen LogP contribution in [-0.2, 0) is 0 Å². The number of nitrogens with two attached hydrogens (primary N) is 1. The van der Waals surface area contributed by atoms with Crippen molar-refractivity contribution in [3.8, 4) is 11.8 Å². The Morgan fingerprint density at radius 2 is 2.19 bits per heavy atom. The number of amides is 1. The van der Waals surface area contributed by atoms with Crippen LogP contribution in [0.3, 0.4) is 0 Å². The first-order valence-corrected chi connectivity index (χ1v) is 6.32. The number of hydrogen-bond acceptors (Lipinski definition) is 3. The fourth-order valence-electron chi connectivity index (χ4n) is 1.73. The number of pyridine rings is 1. The fraction of sp³-hybridized carbons (Fsp3) is 0.125. The summed E-state index contributed by atoms with van der Waals surface area (Å²) in [6, 6.07) is 7.89. The summed E-state index contributed by atoms with van der Waals surface area (Å²) >= 11 is 0. The summed E-state index contributed by atoms with van der Waals surface area (Å²) < 4.78 is 12.8. The lowest BCUT2D eigenvalue weighted by atomic mass is 10.1. The number of nitrogens with zero attached hydrogens (tertiary/aromatic N) is 1. The van der Waals surface area contributed by atoms with Gasteiger partial charge in [-0.2, -0.15) is 0 Å². The SMILES string of the molecule is Cc1cc(NC(=O)c2ccc(F)cn2)ccc1C#CCN. The predicted octanol–water partition coefficient (Wildman–Crippen LogP) is 2.09. The highest BCUT2D eigenvalue weighted by Gasteiger charge is 2.08. The van der Waals surface area contributed by atoms with Crippen molar-refractivity contribution in [2.45, 2.75) is 6.92 Å². The van der Waals surface area contributed by atoms with E-state index in [1.165, 1.54) is 12.1 Å². The van der Waals surface area contributed by atoms with Gasteiger partial charge in [0.15, 0.2) is 0 Å². The molecule has 0 saturated carbocycles. The predicted molar refractivity (Wildman–Crippen MR) is 79.3 cm³/mol. The van der Waals surface area contributed by atoms with Gasteiger partial charge >= 0.3 is 0 Å². The molecule has 5 heteroatoms. The number of carbonyl (C=O) groups excluding carboxylic acids is 1. The van der Waals surface area contributed by atoms with Gasteiger partial charge in [0.2, 0.25) is 0 Å². The van der Waals surface area contributed by atoms with Gasteiger partial charge < -0.3 is 11.1 Å². The highest BCUT2D eigenvalue weighted by Crippen LogP contribution is 2.15. The van der Waals surface area contributed by atoms with Crippen LogP contribution in [0.4, 0.5) is 10.1 Å². The molecule has 0 unspecified atom stereocenters. The lowest BCUT2D eigenvalue weighted by molar-refractivity contribution is 0.102. The quantitative estimate of drug-likeness (QED) is 0.829. The van der Waals surface area contributed by atoms with E-state index in [1.807, 2.05) is 19.1 Å². The smallest absolute Gasteiger partial charge is 0.274 e. The van der Waals surface area contributed by atoms with Crippen LogP contribution >= 0.6 is 0 Å². The Morgan fingerprint density at radius 3 is 2.81 bits per heavy atom. The van der Waals surface area contributed by atoms with Crippen molar-refractivity contribution >= 4 is 11.6 Å². The van der Waals surface area contributed by atoms with Crippen molar-refractivity contribution in [3.05, 3.63) is 59.2 Å². The molecular formula is C16H14FN3O. The number of benzene rings is 1. The molecule has 0 aliphatic rings. The van der Waals surface area contributed by atoms with E-state index in [2.05, 4.69) is 22.1 Å². The van der Waals surface area contributed by atoms with Gasteiger partial charge in [0.1, 0.15) is 11.5 Å². The third-order valence-electron chi connectivity index (χ3n) is 2.77. The second kappa shape index (κ2) is 6.64. The van der Waals surface area contributed by atoms with Crippen molar-refractivity contribution in [1.82, 2.24) is 4.98 Å². The molecular weight excluding hydrogens is 269 g/mol. The lowest BCUT2D eigenvalue weighted by Gasteiger charge is -2.07. The van der Waals surface area contributed by atoms with E-state index in [1.54, 1.807) is 6.07 Å². The maximum absolute atomic E-state index is 12.8. The summed E-state index contributed by atoms with van der Waals surface area (Å²) in [6.45, 7) is 2.19. The summed E-state index contributed by atoms with van der Waals surface area (Å²) in [5, 5.41) is 2.71. The van der Waals surface area contributed by atoms with Crippen LogP contribution in [0.25, 0.3) is 0 Å². The molecule has 21 heavy (non-hydrogen) atoms. The van der Waals surface area contributed by atoms with Crippen molar-refractivity contribution in [2.75, 3.05) is 11.9 Å². The Morgan fingerprint density at radius 1 is 1.38 bits per heavy atom. The minimum Gasteiger partial charge on any atom is -0.321 e. The molecule has 1 aromatic heterocycles. The molecule has 3 N–H and O–H groups in total. The molecule has 1 aromatic carbocycles. The zero-order valence-corrected chi connectivity index (χ0v) is 11.5. The molecule has 0 atom stereocenters. The van der Waals surface area contributed by atoms with E-state index >= 15 is 0 Å². The van der Waals surface area contributed by atoms with Crippen LogP contribution in [0, 0.1) is 24.6 Å². The molecule has 0 fully saturated rings. The van der Waals surface area contributed by atoms with Crippen LogP contribution in [0.15, 0.2) is 36.5 Å². The van der Waals surface area contributed by atoms with Crippen molar-refractivity contribution in [3.63, 3.8) is 0 Å². The number of halogens is 1. The monoisotopic (exact) mass is 283 g/mol. The first-order valence-electron chi connectivity index (χ1n) is 6.32. The van der Waals surface area contributed by atoms with Gasteiger partial charge in [0, 0.05) is 11.3 Å². The molecule has 0 bridgehead atoms. The zero-order chi connectivity index (χ0) is 15.2. The summed E-state index contributed by atoms with van der Waals surface area (Å²) in [5.74, 6) is 4.86. The number of aryl methyl sites for hydroxylation is 1. The number of rotatable bonds is 2. The molecule has 2 rings (SSSR count). The number of hydrogen-bond donors (Lipinski definition) is 2. The average Bonchev–Trinajstić information content (AvgIpc) is 2.47. The third-order valence-corrected chi connectivity index (χ3v) is 2.77. The van der Waals surface area contributed by atoms with Crippen LogP contribution in [-0.4, -0.2) is 17.4 Å². The first-order chi connectivity index (χ1) is 10.1. The molecule has 0 spiro atoms. The van der Waals surface area contributed by atoms with E-state index < -0.39 is 11.7 Å². The van der Waals surface area contributed by atoms with Crippen LogP contribution in [0.5, 0.6) is 0 Å². The number of anilines is 1. The number of aromatic nitrogens is 1. The highest BCUT2D eigenvalue weighted by molar-refractivity contribution is 6.02. The Balaban J connectivity index is 2.14. The lowest BCUT2D eigenvalue weighted by Crippen LogP contribution is -2.13. The molecule has 106 valence electrons. The topological polar surface area (TPSA) is 68.0 Å². The van der Waals surface area contributed by atoms with Crippen LogP contribution < -0.4 is 11.1 Å². The van der Waals surface area contributed by atoms with Crippen molar-refractivity contribution in [1.29, 1.82) is 0 Å². The van der Waals surface area contributed by atoms with Crippen molar-refractivity contribution in [2.24, 2.45) is 5.73 Å². The fourth-order valence-corrected chi connectivity index (χ4v) is 1.73. The maximum Gasteiger partial charge on any atom is 0.274 e. The van der Waals surface area contributed by atoms with E-state index in [0.29, 0.717) is 12.2 Å². The molecule has 0 saturated heterocycles. The first kappa shape index (κ1) is 14.7. The molecule has 0 aliphatic carbocycles. The number of nitrogens with one attached hydrogen (secondary N) is 1. The Labute approximate surface area is 122 Å². The average molecular weight is 283 g/mol. The second-order valence-electron chi connectivity index (χ2n) is 4.35. The summed E-state index contributed by atoms with van der Waals surface area (Å²) in [7, 11) is 0. The van der Waals surface area contributed by atoms with Gasteiger partial charge in [0.05, 0.1) is 12.7 Å². The van der Waals surface area contributed by atoms with E-state index in [-0.39, 0.29) is 5.69 Å². The Hall–Kier alpha value is -2.71. The van der Waals surface area contributed by atoms with E-state index in [9.17, 15) is 9.18 Å². The van der Waals surface area contributed by atoms with Gasteiger partial charge in [-0.15, -0.1) is 0 Å². The van der Waals surface area contributed by atoms with E-state index in [0.717, 1.165) is 17.3 Å². The Bertz CT molecular complexity index is 715. The normalized spacial score (nSPS) is 9.67. The maximum atomic E-state index is 12.8. The van der Waals surface area contributed by atoms with Gasteiger partial charge in [-0.25, -0.2) is 9.37 Å². The van der Waals surface area contributed by atoms with Crippen LogP contribution in [0.1, 0.15) is 21.6 Å². The molecule has 4 nitrogen and oxygen atoms in total. The third kappa shape index (κ3) is 3.88. The molecule has 1 heterocycles. The summed E-state index contributed by atoms with van der Waals surface area (Å²) in [6.07, 6.45) is 1.01. The summed E-state index contributed by atoms with van der Waals surface area (Å²) in [5.41, 5.74) is 7.90. The van der Waals surface area contributed by atoms with E-state index in [4.69, 9.17) is 5.73 Å². The zero-order valence-electron chi connectivity index (χ0n) is 11.5.